The zero-order chi connectivity index (χ0) is 16.0. The summed E-state index contributed by atoms with van der Waals surface area (Å²) in [4.78, 5) is 23.2. The van der Waals surface area contributed by atoms with Crippen LogP contribution < -0.4 is 10.2 Å². The van der Waals surface area contributed by atoms with Crippen molar-refractivity contribution in [3.8, 4) is 17.0 Å². The van der Waals surface area contributed by atoms with Gasteiger partial charge in [0.05, 0.1) is 17.8 Å². The second-order valence-electron chi connectivity index (χ2n) is 5.31. The van der Waals surface area contributed by atoms with E-state index in [9.17, 15) is 9.59 Å². The Balaban J connectivity index is 2.30. The lowest BCUT2D eigenvalue weighted by atomic mass is 9.92. The third-order valence-corrected chi connectivity index (χ3v) is 4.40. The summed E-state index contributed by atoms with van der Waals surface area (Å²) < 4.78 is 7.05. The predicted octanol–water partition coefficient (Wildman–Crippen LogP) is 2.99. The molecule has 114 valence electrons. The number of carboxylic acid groups (broad SMARTS) is 1. The number of aromatic carboxylic acids is 1. The number of hydrogen-bond acceptors (Lipinski definition) is 3. The van der Waals surface area contributed by atoms with Gasteiger partial charge >= 0.3 is 5.97 Å². The largest absolute Gasteiger partial charge is 0.495 e. The fourth-order valence-electron chi connectivity index (χ4n) is 2.88. The molecule has 1 unspecified atom stereocenters. The van der Waals surface area contributed by atoms with E-state index in [4.69, 9.17) is 21.4 Å². The van der Waals surface area contributed by atoms with E-state index in [2.05, 4.69) is 0 Å². The highest BCUT2D eigenvalue weighted by Crippen LogP contribution is 2.41. The number of pyridine rings is 1. The first-order chi connectivity index (χ1) is 10.4. The van der Waals surface area contributed by atoms with Gasteiger partial charge in [0.1, 0.15) is 11.3 Å². The Morgan fingerprint density at radius 3 is 2.82 bits per heavy atom. The summed E-state index contributed by atoms with van der Waals surface area (Å²) in [7, 11) is 1.55. The van der Waals surface area contributed by atoms with Crippen molar-refractivity contribution in [1.29, 1.82) is 0 Å². The van der Waals surface area contributed by atoms with Crippen molar-refractivity contribution in [2.24, 2.45) is 0 Å². The Bertz CT molecular complexity index is 841. The zero-order valence-corrected chi connectivity index (χ0v) is 12.8. The van der Waals surface area contributed by atoms with Gasteiger partial charge in [-0.3, -0.25) is 4.79 Å². The van der Waals surface area contributed by atoms with Crippen molar-refractivity contribution in [2.75, 3.05) is 7.11 Å². The van der Waals surface area contributed by atoms with Gasteiger partial charge in [0.2, 0.25) is 0 Å². The molecule has 2 heterocycles. The number of carboxylic acids is 1. The van der Waals surface area contributed by atoms with Crippen LogP contribution in [0.15, 0.2) is 29.2 Å². The van der Waals surface area contributed by atoms with Gasteiger partial charge in [-0.05, 0) is 31.0 Å². The first kappa shape index (κ1) is 14.7. The lowest BCUT2D eigenvalue weighted by Gasteiger charge is -2.29. The molecule has 3 rings (SSSR count). The van der Waals surface area contributed by atoms with Crippen molar-refractivity contribution < 1.29 is 14.6 Å². The lowest BCUT2D eigenvalue weighted by Crippen LogP contribution is -2.24. The summed E-state index contributed by atoms with van der Waals surface area (Å²) in [6.45, 7) is 1.96. The Labute approximate surface area is 131 Å². The van der Waals surface area contributed by atoms with Crippen LogP contribution in [0.2, 0.25) is 5.02 Å². The molecule has 22 heavy (non-hydrogen) atoms. The zero-order valence-electron chi connectivity index (χ0n) is 12.1. The van der Waals surface area contributed by atoms with Gasteiger partial charge in [-0.1, -0.05) is 11.6 Å². The number of nitrogens with zero attached hydrogens (tertiary/aromatic N) is 1. The van der Waals surface area contributed by atoms with Crippen LogP contribution in [0.25, 0.3) is 11.3 Å². The van der Waals surface area contributed by atoms with Crippen molar-refractivity contribution in [1.82, 2.24) is 4.57 Å². The molecule has 0 amide bonds. The molecule has 0 fully saturated rings. The van der Waals surface area contributed by atoms with Gasteiger partial charge in [0.25, 0.3) is 0 Å². The van der Waals surface area contributed by atoms with E-state index >= 15 is 0 Å². The van der Waals surface area contributed by atoms with Gasteiger partial charge in [-0.25, -0.2) is 4.79 Å². The second kappa shape index (κ2) is 5.18. The van der Waals surface area contributed by atoms with E-state index in [1.807, 2.05) is 17.6 Å². The summed E-state index contributed by atoms with van der Waals surface area (Å²) in [6.07, 6.45) is 2.05. The number of fused-ring (bicyclic) bond motifs is 3. The average molecular weight is 320 g/mol. The van der Waals surface area contributed by atoms with Crippen LogP contribution in [0.5, 0.6) is 5.75 Å². The minimum atomic E-state index is -1.22. The lowest BCUT2D eigenvalue weighted by molar-refractivity contribution is 0.0694. The fraction of sp³-hybridized carbons (Fsp3) is 0.250. The number of carbonyl (C=O) groups is 1. The predicted molar refractivity (Wildman–Crippen MR) is 83.1 cm³/mol. The van der Waals surface area contributed by atoms with Crippen molar-refractivity contribution in [3.05, 3.63) is 50.8 Å². The van der Waals surface area contributed by atoms with Crippen LogP contribution in [0.4, 0.5) is 0 Å². The molecule has 1 aromatic carbocycles. The monoisotopic (exact) mass is 319 g/mol. The van der Waals surface area contributed by atoms with E-state index in [-0.39, 0.29) is 11.6 Å². The van der Waals surface area contributed by atoms with E-state index < -0.39 is 11.4 Å². The molecule has 0 spiro atoms. The molecule has 1 aromatic heterocycles. The van der Waals surface area contributed by atoms with Crippen LogP contribution in [0.3, 0.4) is 0 Å². The summed E-state index contributed by atoms with van der Waals surface area (Å²) in [5.41, 5.74) is 1.69. The number of ether oxygens (including phenoxy) is 1. The molecule has 6 heteroatoms. The quantitative estimate of drug-likeness (QED) is 0.924. The Morgan fingerprint density at radius 2 is 2.18 bits per heavy atom. The van der Waals surface area contributed by atoms with Gasteiger partial charge < -0.3 is 14.4 Å². The number of rotatable bonds is 2. The number of hydrogen-bond donors (Lipinski definition) is 1. The third-order valence-electron chi connectivity index (χ3n) is 3.99. The Kier molecular flexibility index (Phi) is 3.45. The van der Waals surface area contributed by atoms with Crippen molar-refractivity contribution in [3.63, 3.8) is 0 Å². The molecule has 1 N–H and O–H groups in total. The van der Waals surface area contributed by atoms with Gasteiger partial charge in [0, 0.05) is 23.9 Å². The highest BCUT2D eigenvalue weighted by Gasteiger charge is 2.26. The topological polar surface area (TPSA) is 68.5 Å². The number of halogens is 1. The fourth-order valence-corrected chi connectivity index (χ4v) is 3.20. The molecule has 5 nitrogen and oxygen atoms in total. The highest BCUT2D eigenvalue weighted by atomic mass is 35.5. The van der Waals surface area contributed by atoms with Gasteiger partial charge in [0.15, 0.2) is 5.43 Å². The van der Waals surface area contributed by atoms with Gasteiger partial charge in [-0.15, -0.1) is 0 Å². The van der Waals surface area contributed by atoms with E-state index in [0.717, 1.165) is 11.1 Å². The van der Waals surface area contributed by atoms with Crippen LogP contribution in [0.1, 0.15) is 28.9 Å². The van der Waals surface area contributed by atoms with E-state index in [0.29, 0.717) is 22.9 Å². The maximum absolute atomic E-state index is 12.0. The minimum absolute atomic E-state index is 0.00851. The summed E-state index contributed by atoms with van der Waals surface area (Å²) >= 11 is 6.37. The molecule has 2 aromatic rings. The molecule has 0 saturated carbocycles. The summed E-state index contributed by atoms with van der Waals surface area (Å²) in [5.74, 6) is -0.628. The van der Waals surface area contributed by atoms with Gasteiger partial charge in [-0.2, -0.15) is 0 Å². The Morgan fingerprint density at radius 1 is 1.45 bits per heavy atom. The van der Waals surface area contributed by atoms with Crippen LogP contribution >= 0.6 is 11.6 Å². The number of methoxy groups -OCH3 is 1. The van der Waals surface area contributed by atoms with E-state index in [1.54, 1.807) is 13.2 Å². The van der Waals surface area contributed by atoms with Crippen LogP contribution in [-0.4, -0.2) is 22.8 Å². The molecular weight excluding hydrogens is 306 g/mol. The number of benzene rings is 1. The molecule has 1 atom stereocenters. The third kappa shape index (κ3) is 2.09. The molecule has 0 bridgehead atoms. The molecule has 1 aliphatic heterocycles. The molecule has 1 aliphatic rings. The summed E-state index contributed by atoms with van der Waals surface area (Å²) in [6, 6.07) is 4.95. The first-order valence-electron chi connectivity index (χ1n) is 6.79. The number of aromatic nitrogens is 1. The van der Waals surface area contributed by atoms with Crippen LogP contribution in [-0.2, 0) is 6.42 Å². The molecule has 0 radical (unpaired) electrons. The smallest absolute Gasteiger partial charge is 0.341 e. The standard InChI is InChI=1S/C16H14ClNO4/c1-8-5-10-9(3-4-14(22-2)15(10)17)12-6-13(19)11(16(20)21)7-18(8)12/h3-4,6-8H,5H2,1-2H3,(H,20,21). The molecule has 0 aliphatic carbocycles. The molecule has 0 saturated heterocycles. The van der Waals surface area contributed by atoms with Crippen molar-refractivity contribution >= 4 is 17.6 Å². The van der Waals surface area contributed by atoms with Crippen molar-refractivity contribution in [2.45, 2.75) is 19.4 Å². The highest BCUT2D eigenvalue weighted by molar-refractivity contribution is 6.33. The SMILES string of the molecule is COc1ccc2c(c1Cl)CC(C)n1cc(C(=O)O)c(=O)cc1-2. The van der Waals surface area contributed by atoms with Crippen LogP contribution in [0, 0.1) is 0 Å². The minimum Gasteiger partial charge on any atom is -0.495 e. The normalized spacial score (nSPS) is 15.9. The summed E-state index contributed by atoms with van der Waals surface area (Å²) in [5, 5.41) is 9.65. The average Bonchev–Trinajstić information content (AvgIpc) is 2.48. The van der Waals surface area contributed by atoms with E-state index in [1.165, 1.54) is 12.3 Å². The maximum Gasteiger partial charge on any atom is 0.341 e. The Hall–Kier alpha value is -2.27. The maximum atomic E-state index is 12.0. The first-order valence-corrected chi connectivity index (χ1v) is 7.17. The second-order valence-corrected chi connectivity index (χ2v) is 5.69. The molecular formula is C16H14ClNO4.